The Morgan fingerprint density at radius 3 is 2.06 bits per heavy atom. The first-order valence-corrected chi connectivity index (χ1v) is 11.8. The smallest absolute Gasteiger partial charge is 0.256 e. The molecule has 1 amide bonds. The van der Waals surface area contributed by atoms with Crippen LogP contribution in [0.5, 0.6) is 5.75 Å². The first-order chi connectivity index (χ1) is 16.0. The van der Waals surface area contributed by atoms with E-state index in [9.17, 15) is 4.79 Å². The zero-order valence-electron chi connectivity index (χ0n) is 20.3. The van der Waals surface area contributed by atoms with Gasteiger partial charge in [-0.2, -0.15) is 0 Å². The second-order valence-electron chi connectivity index (χ2n) is 8.64. The van der Waals surface area contributed by atoms with E-state index in [-0.39, 0.29) is 11.6 Å². The summed E-state index contributed by atoms with van der Waals surface area (Å²) >= 11 is 0. The van der Waals surface area contributed by atoms with Crippen LogP contribution in [0.25, 0.3) is 11.1 Å². The Morgan fingerprint density at radius 2 is 1.55 bits per heavy atom. The largest absolute Gasteiger partial charge is 0.496 e. The molecule has 0 unspecified atom stereocenters. The highest BCUT2D eigenvalue weighted by molar-refractivity contribution is 5.98. The summed E-state index contributed by atoms with van der Waals surface area (Å²) in [6.45, 7) is 5.12. The highest BCUT2D eigenvalue weighted by Crippen LogP contribution is 2.33. The van der Waals surface area contributed by atoms with Gasteiger partial charge in [-0.3, -0.25) is 9.69 Å². The van der Waals surface area contributed by atoms with Gasteiger partial charge in [0.1, 0.15) is 5.75 Å². The van der Waals surface area contributed by atoms with Crippen LogP contribution in [0.4, 0.5) is 0 Å². The second kappa shape index (κ2) is 11.7. The average Bonchev–Trinajstić information content (AvgIpc) is 3.34. The Bertz CT molecular complexity index is 1010. The average molecular weight is 445 g/mol. The number of amides is 1. The van der Waals surface area contributed by atoms with Crippen molar-refractivity contribution in [3.8, 4) is 16.9 Å². The molecule has 1 saturated carbocycles. The van der Waals surface area contributed by atoms with Crippen molar-refractivity contribution < 1.29 is 9.53 Å². The van der Waals surface area contributed by atoms with E-state index < -0.39 is 0 Å². The molecule has 0 bridgehead atoms. The molecular weight excluding hydrogens is 408 g/mol. The Hall–Kier alpha value is -3.11. The second-order valence-corrected chi connectivity index (χ2v) is 8.64. The maximum atomic E-state index is 13.2. The summed E-state index contributed by atoms with van der Waals surface area (Å²) in [5, 5.41) is 3.32. The molecule has 0 saturated heterocycles. The van der Waals surface area contributed by atoms with Gasteiger partial charge in [0.05, 0.1) is 18.3 Å². The molecule has 4 nitrogen and oxygen atoms in total. The van der Waals surface area contributed by atoms with Crippen LogP contribution in [0.1, 0.15) is 48.5 Å². The summed E-state index contributed by atoms with van der Waals surface area (Å²) in [7, 11) is 3.70. The fourth-order valence-electron chi connectivity index (χ4n) is 4.37. The Labute approximate surface area is 198 Å². The predicted octanol–water partition coefficient (Wildman–Crippen LogP) is 6.31. The van der Waals surface area contributed by atoms with Crippen molar-refractivity contribution in [1.29, 1.82) is 0 Å². The number of benzene rings is 3. The van der Waals surface area contributed by atoms with E-state index in [1.54, 1.807) is 7.11 Å². The summed E-state index contributed by atoms with van der Waals surface area (Å²) in [4.78, 5) is 15.4. The number of aryl methyl sites for hydroxylation is 1. The number of methoxy groups -OCH3 is 1. The zero-order valence-corrected chi connectivity index (χ0v) is 20.3. The first-order valence-electron chi connectivity index (χ1n) is 11.8. The monoisotopic (exact) mass is 444 g/mol. The molecular formula is C29H36N2O2. The third-order valence-corrected chi connectivity index (χ3v) is 6.47. The minimum Gasteiger partial charge on any atom is -0.496 e. The Balaban J connectivity index is 0.000000374. The lowest BCUT2D eigenvalue weighted by molar-refractivity contribution is 0.0637. The number of nitrogens with zero attached hydrogens (tertiary/aromatic N) is 1. The van der Waals surface area contributed by atoms with E-state index in [1.165, 1.54) is 5.56 Å². The summed E-state index contributed by atoms with van der Waals surface area (Å²) in [6.07, 6.45) is 4.27. The van der Waals surface area contributed by atoms with Gasteiger partial charge >= 0.3 is 0 Å². The van der Waals surface area contributed by atoms with Gasteiger partial charge < -0.3 is 10.1 Å². The molecule has 3 aromatic carbocycles. The van der Waals surface area contributed by atoms with Crippen LogP contribution in [0, 0.1) is 6.92 Å². The molecule has 174 valence electrons. The van der Waals surface area contributed by atoms with Gasteiger partial charge in [-0.15, -0.1) is 0 Å². The zero-order chi connectivity index (χ0) is 23.7. The van der Waals surface area contributed by atoms with E-state index in [0.717, 1.165) is 43.4 Å². The molecule has 0 aromatic heterocycles. The third kappa shape index (κ3) is 6.23. The molecule has 0 aliphatic heterocycles. The maximum absolute atomic E-state index is 13.2. The highest BCUT2D eigenvalue weighted by atomic mass is 16.5. The van der Waals surface area contributed by atoms with Gasteiger partial charge in [0.15, 0.2) is 0 Å². The van der Waals surface area contributed by atoms with Crippen LogP contribution in [0.3, 0.4) is 0 Å². The first kappa shape index (κ1) is 24.5. The predicted molar refractivity (Wildman–Crippen MR) is 137 cm³/mol. The van der Waals surface area contributed by atoms with Gasteiger partial charge in [0, 0.05) is 0 Å². The normalized spacial score (nSPS) is 14.3. The highest BCUT2D eigenvalue weighted by Gasteiger charge is 2.39. The summed E-state index contributed by atoms with van der Waals surface area (Å²) in [5.74, 6) is 0.538. The summed E-state index contributed by atoms with van der Waals surface area (Å²) in [6, 6.07) is 26.2. The van der Waals surface area contributed by atoms with Crippen LogP contribution < -0.4 is 10.1 Å². The molecule has 33 heavy (non-hydrogen) atoms. The van der Waals surface area contributed by atoms with E-state index >= 15 is 0 Å². The standard InChI is InChI=1S/C22H28N2O2.C7H8/c1-4-24(2)22(14-8-9-15-22)23-21(25)19-16-18(12-13-20(19)26-3)17-10-6-5-7-11-17;1-7-5-3-2-4-6-7/h5-7,10-13,16H,4,8-9,14-15H2,1-3H3,(H,23,25);2-6H,1H3. The van der Waals surface area contributed by atoms with Crippen molar-refractivity contribution >= 4 is 5.91 Å². The number of carbonyl (C=O) groups is 1. The lowest BCUT2D eigenvalue weighted by Gasteiger charge is -2.39. The maximum Gasteiger partial charge on any atom is 0.256 e. The van der Waals surface area contributed by atoms with Crippen LogP contribution in [0.15, 0.2) is 78.9 Å². The molecule has 0 spiro atoms. The van der Waals surface area contributed by atoms with Crippen molar-refractivity contribution in [2.75, 3.05) is 20.7 Å². The third-order valence-electron chi connectivity index (χ3n) is 6.47. The quantitative estimate of drug-likeness (QED) is 0.453. The van der Waals surface area contributed by atoms with Crippen molar-refractivity contribution in [2.24, 2.45) is 0 Å². The van der Waals surface area contributed by atoms with Gasteiger partial charge in [0.25, 0.3) is 5.91 Å². The van der Waals surface area contributed by atoms with Crippen molar-refractivity contribution in [3.05, 3.63) is 90.0 Å². The van der Waals surface area contributed by atoms with E-state index in [1.807, 2.05) is 66.7 Å². The number of ether oxygens (including phenoxy) is 1. The van der Waals surface area contributed by atoms with Gasteiger partial charge in [-0.25, -0.2) is 0 Å². The number of carbonyl (C=O) groups excluding carboxylic acids is 1. The van der Waals surface area contributed by atoms with Gasteiger partial charge in [-0.05, 0) is 69.5 Å². The van der Waals surface area contributed by atoms with Crippen LogP contribution in [0.2, 0.25) is 0 Å². The number of hydrogen-bond acceptors (Lipinski definition) is 3. The van der Waals surface area contributed by atoms with E-state index in [4.69, 9.17) is 4.74 Å². The topological polar surface area (TPSA) is 41.6 Å². The summed E-state index contributed by atoms with van der Waals surface area (Å²) in [5.41, 5.74) is 3.76. The van der Waals surface area contributed by atoms with Crippen molar-refractivity contribution in [3.63, 3.8) is 0 Å². The Kier molecular flexibility index (Phi) is 8.67. The Morgan fingerprint density at radius 1 is 0.939 bits per heavy atom. The van der Waals surface area contributed by atoms with Crippen molar-refractivity contribution in [1.82, 2.24) is 10.2 Å². The fourth-order valence-corrected chi connectivity index (χ4v) is 4.37. The molecule has 0 heterocycles. The molecule has 4 heteroatoms. The molecule has 1 N–H and O–H groups in total. The number of hydrogen-bond donors (Lipinski definition) is 1. The molecule has 1 fully saturated rings. The van der Waals surface area contributed by atoms with E-state index in [0.29, 0.717) is 11.3 Å². The molecule has 0 radical (unpaired) electrons. The molecule has 4 rings (SSSR count). The van der Waals surface area contributed by atoms with Crippen molar-refractivity contribution in [2.45, 2.75) is 45.2 Å². The lowest BCUT2D eigenvalue weighted by atomic mass is 10.0. The van der Waals surface area contributed by atoms with Gasteiger partial charge in [-0.1, -0.05) is 79.2 Å². The molecule has 0 atom stereocenters. The summed E-state index contributed by atoms with van der Waals surface area (Å²) < 4.78 is 5.47. The minimum absolute atomic E-state index is 0.0677. The van der Waals surface area contributed by atoms with Crippen LogP contribution in [-0.2, 0) is 0 Å². The molecule has 1 aliphatic carbocycles. The van der Waals surface area contributed by atoms with Crippen LogP contribution >= 0.6 is 0 Å². The number of rotatable bonds is 6. The number of nitrogens with one attached hydrogen (secondary N) is 1. The van der Waals surface area contributed by atoms with Gasteiger partial charge in [0.2, 0.25) is 0 Å². The molecule has 3 aromatic rings. The van der Waals surface area contributed by atoms with Crippen LogP contribution in [-0.4, -0.2) is 37.2 Å². The van der Waals surface area contributed by atoms with E-state index in [2.05, 4.69) is 43.2 Å². The fraction of sp³-hybridized carbons (Fsp3) is 0.345. The lowest BCUT2D eigenvalue weighted by Crippen LogP contribution is -2.57. The minimum atomic E-state index is -0.250. The SMILES string of the molecule is CCN(C)C1(NC(=O)c2cc(-c3ccccc3)ccc2OC)CCCC1.Cc1ccccc1. The molecule has 1 aliphatic rings.